The van der Waals surface area contributed by atoms with Gasteiger partial charge in [-0.25, -0.2) is 4.79 Å². The molecule has 1 saturated carbocycles. The number of allylic oxidation sites excluding steroid dienone is 1. The van der Waals surface area contributed by atoms with Gasteiger partial charge in [-0.15, -0.1) is 0 Å². The van der Waals surface area contributed by atoms with E-state index in [1.165, 1.54) is 56.9 Å². The molecule has 1 aromatic heterocycles. The zero-order valence-electron chi connectivity index (χ0n) is 23.8. The van der Waals surface area contributed by atoms with E-state index in [0.717, 1.165) is 24.8 Å². The number of carboxylic acids is 1. The molecule has 208 valence electrons. The second kappa shape index (κ2) is 8.41. The van der Waals surface area contributed by atoms with Gasteiger partial charge in [-0.05, 0) is 82.6 Å². The molecule has 1 aliphatic heterocycles. The lowest BCUT2D eigenvalue weighted by Crippen LogP contribution is -2.27. The average molecular weight is 555 g/mol. The molecule has 3 aromatic carbocycles. The van der Waals surface area contributed by atoms with Crippen molar-refractivity contribution in [2.24, 2.45) is 7.05 Å². The number of Topliss-reactive ketones (excluding diaryl/α,β-unsaturated/α-hetero) is 2. The largest absolute Gasteiger partial charge is 0.477 e. The zero-order valence-corrected chi connectivity index (χ0v) is 23.8. The van der Waals surface area contributed by atoms with Crippen molar-refractivity contribution in [3.05, 3.63) is 112 Å². The lowest BCUT2D eigenvalue weighted by atomic mass is 9.82. The van der Waals surface area contributed by atoms with Crippen LogP contribution in [0.5, 0.6) is 0 Å². The summed E-state index contributed by atoms with van der Waals surface area (Å²) in [5.41, 5.74) is 10.1. The van der Waals surface area contributed by atoms with Crippen molar-refractivity contribution in [1.29, 1.82) is 0 Å². The molecule has 4 aliphatic rings. The second-order valence-corrected chi connectivity index (χ2v) is 12.6. The quantitative estimate of drug-likeness (QED) is 0.213. The van der Waals surface area contributed by atoms with Crippen LogP contribution in [0.4, 0.5) is 11.4 Å². The molecule has 1 N–H and O–H groups in total. The molecule has 0 radical (unpaired) electrons. The van der Waals surface area contributed by atoms with Crippen LogP contribution in [0.2, 0.25) is 0 Å². The third-order valence-corrected chi connectivity index (χ3v) is 10.1. The predicted octanol–water partition coefficient (Wildman–Crippen LogP) is 7.28. The number of fused-ring (bicyclic) bond motifs is 7. The van der Waals surface area contributed by atoms with Gasteiger partial charge in [0.15, 0.2) is 5.78 Å². The highest BCUT2D eigenvalue weighted by Gasteiger charge is 2.44. The lowest BCUT2D eigenvalue weighted by Gasteiger charge is -2.29. The number of anilines is 2. The van der Waals surface area contributed by atoms with E-state index in [-0.39, 0.29) is 27.9 Å². The van der Waals surface area contributed by atoms with Crippen LogP contribution in [0.1, 0.15) is 92.6 Å². The van der Waals surface area contributed by atoms with E-state index in [0.29, 0.717) is 12.0 Å². The summed E-state index contributed by atoms with van der Waals surface area (Å²) in [5, 5.41) is 9.42. The smallest absolute Gasteiger partial charge is 0.352 e. The van der Waals surface area contributed by atoms with E-state index in [2.05, 4.69) is 73.3 Å². The summed E-state index contributed by atoms with van der Waals surface area (Å²) in [6.07, 6.45) is 5.07. The Morgan fingerprint density at radius 3 is 2.48 bits per heavy atom. The Labute approximate surface area is 243 Å². The number of aromatic nitrogens is 1. The molecule has 2 heterocycles. The van der Waals surface area contributed by atoms with Crippen molar-refractivity contribution in [3.63, 3.8) is 0 Å². The van der Waals surface area contributed by atoms with Crippen molar-refractivity contribution >= 4 is 35.0 Å². The van der Waals surface area contributed by atoms with Crippen molar-refractivity contribution in [3.8, 4) is 11.1 Å². The molecule has 0 bridgehead atoms. The number of carbonyl (C=O) groups excluding carboxylic acids is 2. The number of rotatable bonds is 3. The molecule has 6 nitrogen and oxygen atoms in total. The molecular formula is C36H30N2O4. The van der Waals surface area contributed by atoms with Crippen molar-refractivity contribution < 1.29 is 19.5 Å². The first-order valence-corrected chi connectivity index (χ1v) is 14.6. The molecule has 6 heteroatoms. The van der Waals surface area contributed by atoms with Gasteiger partial charge in [0.1, 0.15) is 11.4 Å². The number of nitrogens with zero attached hydrogens (tertiary/aromatic N) is 2. The minimum absolute atomic E-state index is 0.0653. The molecule has 4 aromatic rings. The summed E-state index contributed by atoms with van der Waals surface area (Å²) < 4.78 is 1.30. The number of hydrogen-bond donors (Lipinski definition) is 1. The van der Waals surface area contributed by atoms with Gasteiger partial charge in [-0.3, -0.25) is 9.59 Å². The van der Waals surface area contributed by atoms with Crippen LogP contribution in [0.15, 0.2) is 72.3 Å². The third-order valence-electron chi connectivity index (χ3n) is 10.1. The highest BCUT2D eigenvalue weighted by molar-refractivity contribution is 6.41. The number of carboxylic acid groups (broad SMARTS) is 1. The predicted molar refractivity (Wildman–Crippen MR) is 162 cm³/mol. The van der Waals surface area contributed by atoms with E-state index < -0.39 is 17.5 Å². The number of carbonyl (C=O) groups is 3. The summed E-state index contributed by atoms with van der Waals surface area (Å²) in [7, 11) is 1.51. The molecule has 2 unspecified atom stereocenters. The van der Waals surface area contributed by atoms with Gasteiger partial charge >= 0.3 is 5.97 Å². The van der Waals surface area contributed by atoms with E-state index in [1.54, 1.807) is 6.08 Å². The van der Waals surface area contributed by atoms with E-state index in [9.17, 15) is 19.5 Å². The van der Waals surface area contributed by atoms with E-state index >= 15 is 0 Å². The van der Waals surface area contributed by atoms with Gasteiger partial charge in [-0.1, -0.05) is 56.7 Å². The second-order valence-electron chi connectivity index (χ2n) is 12.6. The van der Waals surface area contributed by atoms with Crippen LogP contribution in [-0.2, 0) is 12.5 Å². The molecule has 3 aliphatic carbocycles. The highest BCUT2D eigenvalue weighted by atomic mass is 16.4. The number of ketones is 2. The first-order chi connectivity index (χ1) is 20.2. The molecule has 0 amide bonds. The first-order valence-electron chi connectivity index (χ1n) is 14.6. The minimum atomic E-state index is -1.16. The van der Waals surface area contributed by atoms with Gasteiger partial charge < -0.3 is 14.6 Å². The zero-order chi connectivity index (χ0) is 29.1. The van der Waals surface area contributed by atoms with Crippen LogP contribution < -0.4 is 4.90 Å². The molecule has 0 spiro atoms. The van der Waals surface area contributed by atoms with Crippen molar-refractivity contribution in [2.45, 2.75) is 50.5 Å². The van der Waals surface area contributed by atoms with Crippen molar-refractivity contribution in [1.82, 2.24) is 4.57 Å². The van der Waals surface area contributed by atoms with Crippen LogP contribution in [-0.4, -0.2) is 33.3 Å². The molecule has 2 atom stereocenters. The maximum atomic E-state index is 13.2. The van der Waals surface area contributed by atoms with Gasteiger partial charge in [0.25, 0.3) is 0 Å². The van der Waals surface area contributed by atoms with Crippen molar-refractivity contribution in [2.75, 3.05) is 4.90 Å². The van der Waals surface area contributed by atoms with Crippen LogP contribution in [0, 0.1) is 0 Å². The van der Waals surface area contributed by atoms with Crippen LogP contribution in [0.25, 0.3) is 17.2 Å². The van der Waals surface area contributed by atoms with Crippen LogP contribution in [0.3, 0.4) is 0 Å². The summed E-state index contributed by atoms with van der Waals surface area (Å²) in [4.78, 5) is 40.4. The van der Waals surface area contributed by atoms with Gasteiger partial charge in [0.2, 0.25) is 5.78 Å². The fourth-order valence-electron chi connectivity index (χ4n) is 8.07. The fourth-order valence-corrected chi connectivity index (χ4v) is 8.07. The summed E-state index contributed by atoms with van der Waals surface area (Å²) in [5.74, 6) is -1.61. The Hall–Kier alpha value is -4.71. The van der Waals surface area contributed by atoms with Gasteiger partial charge in [-0.2, -0.15) is 0 Å². The summed E-state index contributed by atoms with van der Waals surface area (Å²) in [6, 6.07) is 23.6. The van der Waals surface area contributed by atoms with E-state index in [1.807, 2.05) is 6.07 Å². The monoisotopic (exact) mass is 554 g/mol. The van der Waals surface area contributed by atoms with E-state index in [4.69, 9.17) is 0 Å². The maximum absolute atomic E-state index is 13.2. The lowest BCUT2D eigenvalue weighted by molar-refractivity contribution is 0.0686. The molecule has 8 rings (SSSR count). The Morgan fingerprint density at radius 2 is 1.69 bits per heavy atom. The summed E-state index contributed by atoms with van der Waals surface area (Å²) in [6.45, 7) is 4.62. The molecule has 1 fully saturated rings. The van der Waals surface area contributed by atoms with Gasteiger partial charge in [0.05, 0.1) is 11.1 Å². The Balaban J connectivity index is 1.18. The van der Waals surface area contributed by atoms with Crippen LogP contribution >= 0.6 is 0 Å². The molecule has 42 heavy (non-hydrogen) atoms. The molecule has 0 saturated heterocycles. The Morgan fingerprint density at radius 1 is 0.905 bits per heavy atom. The Bertz CT molecular complexity index is 1940. The SMILES string of the molecule is Cn1c(C(=O)O)cc2c1C(=O)C(=Cc1ccc3c(c1)C1CCCC1N3c1ccc3c(c1)C(C)(C)c1ccccc1-3)C2=O. The molecular weight excluding hydrogens is 524 g/mol. The number of aromatic carboxylic acids is 1. The standard InChI is InChI=1S/C36H30N2O4/c1-36(2)27-9-5-4-7-21(27)22-13-12-20(17-28(22)36)38-29-10-6-8-23(29)24-15-19(11-14-30(24)38)16-26-33(39)25-18-31(35(41)42)37(3)32(25)34(26)40/h4-5,7,9,11-18,23,29H,6,8,10H2,1-3H3,(H,41,42). The minimum Gasteiger partial charge on any atom is -0.477 e. The summed E-state index contributed by atoms with van der Waals surface area (Å²) >= 11 is 0. The maximum Gasteiger partial charge on any atom is 0.352 e. The average Bonchev–Trinajstić information content (AvgIpc) is 3.75. The number of benzene rings is 3. The highest BCUT2D eigenvalue weighted by Crippen LogP contribution is 2.55. The topological polar surface area (TPSA) is 79.6 Å². The fraction of sp³-hybridized carbons (Fsp3) is 0.250. The third kappa shape index (κ3) is 3.18. The Kier molecular flexibility index (Phi) is 5.02. The first kappa shape index (κ1) is 25.0. The van der Waals surface area contributed by atoms with Gasteiger partial charge in [0, 0.05) is 35.8 Å². The normalized spacial score (nSPS) is 21.9. The number of hydrogen-bond acceptors (Lipinski definition) is 4.